The van der Waals surface area contributed by atoms with Gasteiger partial charge in [-0.05, 0) is 43.2 Å². The zero-order valence-corrected chi connectivity index (χ0v) is 16.3. The number of urea groups is 1. The molecule has 1 saturated carbocycles. The fraction of sp³-hybridized carbons (Fsp3) is 0.579. The number of hydrogen-bond donors (Lipinski definition) is 2. The Bertz CT molecular complexity index is 824. The Morgan fingerprint density at radius 2 is 1.85 bits per heavy atom. The highest BCUT2D eigenvalue weighted by molar-refractivity contribution is 7.92. The normalized spacial score (nSPS) is 20.0. The number of benzene rings is 1. The summed E-state index contributed by atoms with van der Waals surface area (Å²) in [5, 5.41) is 12.2. The third-order valence-corrected chi connectivity index (χ3v) is 8.15. The van der Waals surface area contributed by atoms with Crippen molar-refractivity contribution in [3.8, 4) is 0 Å². The average molecular weight is 394 g/mol. The summed E-state index contributed by atoms with van der Waals surface area (Å²) >= 11 is 0. The van der Waals surface area contributed by atoms with Gasteiger partial charge in [-0.3, -0.25) is 0 Å². The number of nitrogens with one attached hydrogen (secondary N) is 1. The highest BCUT2D eigenvalue weighted by Gasteiger charge is 2.46. The Labute approximate surface area is 159 Å². The van der Waals surface area contributed by atoms with Crippen LogP contribution in [-0.4, -0.2) is 61.1 Å². The number of carboxylic acids is 1. The van der Waals surface area contributed by atoms with Crippen LogP contribution in [0.4, 0.5) is 4.79 Å². The summed E-state index contributed by atoms with van der Waals surface area (Å²) in [5.41, 5.74) is 1.14. The lowest BCUT2D eigenvalue weighted by molar-refractivity contribution is 0.0694. The first-order valence-corrected chi connectivity index (χ1v) is 11.2. The lowest BCUT2D eigenvalue weighted by Gasteiger charge is -2.40. The maximum absolute atomic E-state index is 12.5. The molecule has 8 heteroatoms. The van der Waals surface area contributed by atoms with E-state index in [-0.39, 0.29) is 18.5 Å². The Morgan fingerprint density at radius 1 is 1.22 bits per heavy atom. The second-order valence-electron chi connectivity index (χ2n) is 7.62. The fourth-order valence-corrected chi connectivity index (χ4v) is 5.40. The molecular formula is C19H26N2O5S. The van der Waals surface area contributed by atoms with E-state index in [0.29, 0.717) is 44.3 Å². The van der Waals surface area contributed by atoms with Gasteiger partial charge in [0.2, 0.25) is 0 Å². The number of hydrogen-bond acceptors (Lipinski definition) is 4. The van der Waals surface area contributed by atoms with Gasteiger partial charge in [-0.25, -0.2) is 18.0 Å². The van der Waals surface area contributed by atoms with Gasteiger partial charge in [0, 0.05) is 25.9 Å². The van der Waals surface area contributed by atoms with Crippen molar-refractivity contribution < 1.29 is 23.1 Å². The first kappa shape index (κ1) is 19.7. The van der Waals surface area contributed by atoms with Gasteiger partial charge in [0.15, 0.2) is 9.84 Å². The standard InChI is InChI=1S/C19H26N2O5S/c1-27(25,26)19(9-4-10-19)13-20-18(24)21-11-7-14(8-12-21)15-5-2-3-6-16(15)17(22)23/h2-3,5-6,14H,4,7-13H2,1H3,(H,20,24)(H,22,23). The molecule has 1 saturated heterocycles. The third-order valence-electron chi connectivity index (χ3n) is 6.03. The van der Waals surface area contributed by atoms with E-state index >= 15 is 0 Å². The van der Waals surface area contributed by atoms with Crippen LogP contribution in [0.2, 0.25) is 0 Å². The van der Waals surface area contributed by atoms with Crippen LogP contribution in [0, 0.1) is 0 Å². The van der Waals surface area contributed by atoms with Gasteiger partial charge < -0.3 is 15.3 Å². The zero-order valence-electron chi connectivity index (χ0n) is 15.5. The molecule has 1 aromatic rings. The number of carboxylic acid groups (broad SMARTS) is 1. The minimum Gasteiger partial charge on any atom is -0.478 e. The minimum absolute atomic E-state index is 0.107. The van der Waals surface area contributed by atoms with Crippen LogP contribution < -0.4 is 5.32 Å². The summed E-state index contributed by atoms with van der Waals surface area (Å²) in [6.07, 6.45) is 4.69. The molecule has 0 unspecified atom stereocenters. The van der Waals surface area contributed by atoms with E-state index < -0.39 is 20.6 Å². The largest absolute Gasteiger partial charge is 0.478 e. The summed E-state index contributed by atoms with van der Waals surface area (Å²) in [5.74, 6) is -0.826. The smallest absolute Gasteiger partial charge is 0.335 e. The molecule has 0 atom stereocenters. The number of likely N-dealkylation sites (tertiary alicyclic amines) is 1. The molecule has 0 aromatic heterocycles. The van der Waals surface area contributed by atoms with Crippen molar-refractivity contribution in [1.29, 1.82) is 0 Å². The van der Waals surface area contributed by atoms with Crippen molar-refractivity contribution in [3.63, 3.8) is 0 Å². The lowest BCUT2D eigenvalue weighted by Crippen LogP contribution is -2.55. The zero-order chi connectivity index (χ0) is 19.7. The van der Waals surface area contributed by atoms with Crippen LogP contribution in [0.15, 0.2) is 24.3 Å². The van der Waals surface area contributed by atoms with E-state index in [1.54, 1.807) is 17.0 Å². The van der Waals surface area contributed by atoms with E-state index in [0.717, 1.165) is 12.0 Å². The Kier molecular flexibility index (Phi) is 5.46. The molecule has 0 bridgehead atoms. The van der Waals surface area contributed by atoms with E-state index in [4.69, 9.17) is 0 Å². The van der Waals surface area contributed by atoms with Crippen LogP contribution in [0.3, 0.4) is 0 Å². The molecule has 2 aliphatic rings. The maximum atomic E-state index is 12.5. The summed E-state index contributed by atoms with van der Waals surface area (Å²) in [7, 11) is -3.20. The van der Waals surface area contributed by atoms with Gasteiger partial charge in [0.25, 0.3) is 0 Å². The highest BCUT2D eigenvalue weighted by Crippen LogP contribution is 2.38. The van der Waals surface area contributed by atoms with E-state index in [1.807, 2.05) is 12.1 Å². The SMILES string of the molecule is CS(=O)(=O)C1(CNC(=O)N2CCC(c3ccccc3C(=O)O)CC2)CCC1. The molecule has 148 valence electrons. The minimum atomic E-state index is -3.20. The molecule has 27 heavy (non-hydrogen) atoms. The highest BCUT2D eigenvalue weighted by atomic mass is 32.2. The van der Waals surface area contributed by atoms with E-state index in [1.165, 1.54) is 6.26 Å². The molecule has 1 aliphatic heterocycles. The van der Waals surface area contributed by atoms with Gasteiger partial charge >= 0.3 is 12.0 Å². The molecular weight excluding hydrogens is 368 g/mol. The summed E-state index contributed by atoms with van der Waals surface area (Å²) < 4.78 is 23.2. The Morgan fingerprint density at radius 3 is 2.37 bits per heavy atom. The second kappa shape index (κ2) is 7.50. The van der Waals surface area contributed by atoms with Crippen LogP contribution in [0.25, 0.3) is 0 Å². The number of carbonyl (C=O) groups is 2. The van der Waals surface area contributed by atoms with Crippen LogP contribution in [0.1, 0.15) is 53.9 Å². The van der Waals surface area contributed by atoms with Crippen molar-refractivity contribution in [2.75, 3.05) is 25.9 Å². The molecule has 3 rings (SSSR count). The molecule has 7 nitrogen and oxygen atoms in total. The second-order valence-corrected chi connectivity index (χ2v) is 10.0. The number of aromatic carboxylic acids is 1. The first-order valence-electron chi connectivity index (χ1n) is 9.28. The average Bonchev–Trinajstić information content (AvgIpc) is 2.59. The number of rotatable bonds is 5. The summed E-state index contributed by atoms with van der Waals surface area (Å²) in [6, 6.07) is 6.77. The van der Waals surface area contributed by atoms with Crippen molar-refractivity contribution in [1.82, 2.24) is 10.2 Å². The number of piperidine rings is 1. The third kappa shape index (κ3) is 3.95. The Hall–Kier alpha value is -2.09. The van der Waals surface area contributed by atoms with Crippen molar-refractivity contribution in [2.24, 2.45) is 0 Å². The van der Waals surface area contributed by atoms with Crippen molar-refractivity contribution in [3.05, 3.63) is 35.4 Å². The summed E-state index contributed by atoms with van der Waals surface area (Å²) in [6.45, 7) is 1.21. The molecule has 2 N–H and O–H groups in total. The molecule has 0 spiro atoms. The van der Waals surface area contributed by atoms with Crippen molar-refractivity contribution >= 4 is 21.8 Å². The number of amides is 2. The maximum Gasteiger partial charge on any atom is 0.335 e. The van der Waals surface area contributed by atoms with Crippen LogP contribution >= 0.6 is 0 Å². The molecule has 0 radical (unpaired) electrons. The quantitative estimate of drug-likeness (QED) is 0.797. The Balaban J connectivity index is 1.57. The van der Waals surface area contributed by atoms with Gasteiger partial charge in [0.05, 0.1) is 10.3 Å². The van der Waals surface area contributed by atoms with E-state index in [9.17, 15) is 23.1 Å². The number of sulfone groups is 1. The van der Waals surface area contributed by atoms with Gasteiger partial charge in [-0.2, -0.15) is 0 Å². The van der Waals surface area contributed by atoms with Gasteiger partial charge in [-0.1, -0.05) is 24.6 Å². The monoisotopic (exact) mass is 394 g/mol. The van der Waals surface area contributed by atoms with Gasteiger partial charge in [0.1, 0.15) is 0 Å². The fourth-order valence-electron chi connectivity index (χ4n) is 4.04. The molecule has 1 aliphatic carbocycles. The molecule has 2 fully saturated rings. The predicted octanol–water partition coefficient (Wildman–Crippen LogP) is 2.24. The number of carbonyl (C=O) groups excluding carboxylic acids is 1. The van der Waals surface area contributed by atoms with Crippen molar-refractivity contribution in [2.45, 2.75) is 42.8 Å². The molecule has 1 heterocycles. The molecule has 1 aromatic carbocycles. The van der Waals surface area contributed by atoms with E-state index in [2.05, 4.69) is 5.32 Å². The first-order chi connectivity index (χ1) is 12.7. The van der Waals surface area contributed by atoms with Gasteiger partial charge in [-0.15, -0.1) is 0 Å². The topological polar surface area (TPSA) is 104 Å². The molecule has 2 amide bonds. The predicted molar refractivity (Wildman–Crippen MR) is 102 cm³/mol. The van der Waals surface area contributed by atoms with Crippen LogP contribution in [-0.2, 0) is 9.84 Å². The summed E-state index contributed by atoms with van der Waals surface area (Å²) in [4.78, 5) is 25.6. The van der Waals surface area contributed by atoms with Crippen LogP contribution in [0.5, 0.6) is 0 Å². The lowest BCUT2D eigenvalue weighted by atomic mass is 9.84. The number of nitrogens with zero attached hydrogens (tertiary/aromatic N) is 1.